The highest BCUT2D eigenvalue weighted by molar-refractivity contribution is 5.83. The molecule has 0 N–H and O–H groups in total. The number of fused-ring (bicyclic) bond motifs is 1. The molecule has 0 fully saturated rings. The molecule has 0 atom stereocenters. The minimum Gasteiger partial charge on any atom is -0.461 e. The van der Waals surface area contributed by atoms with Gasteiger partial charge in [-0.15, -0.1) is 10.2 Å². The lowest BCUT2D eigenvalue weighted by molar-refractivity contribution is -0.130. The Bertz CT molecular complexity index is 1130. The van der Waals surface area contributed by atoms with Crippen molar-refractivity contribution in [2.24, 2.45) is 0 Å². The van der Waals surface area contributed by atoms with E-state index in [1.807, 2.05) is 61.6 Å². The van der Waals surface area contributed by atoms with E-state index in [1.54, 1.807) is 4.90 Å². The van der Waals surface area contributed by atoms with Crippen LogP contribution in [-0.4, -0.2) is 28.1 Å². The third-order valence-corrected chi connectivity index (χ3v) is 5.19. The molecule has 30 heavy (non-hydrogen) atoms. The zero-order valence-corrected chi connectivity index (χ0v) is 17.3. The van der Waals surface area contributed by atoms with E-state index >= 15 is 0 Å². The molecule has 0 radical (unpaired) electrons. The fraction of sp³-hybridized carbons (Fsp3) is 0.292. The number of aromatic nitrogens is 2. The Morgan fingerprint density at radius 3 is 2.57 bits per heavy atom. The maximum absolute atomic E-state index is 12.7. The number of para-hydroxylation sites is 1. The van der Waals surface area contributed by atoms with E-state index < -0.39 is 0 Å². The van der Waals surface area contributed by atoms with Crippen LogP contribution in [0.5, 0.6) is 0 Å². The van der Waals surface area contributed by atoms with E-state index in [0.29, 0.717) is 37.6 Å². The van der Waals surface area contributed by atoms with Gasteiger partial charge in [-0.3, -0.25) is 4.79 Å². The molecule has 2 aromatic heterocycles. The van der Waals surface area contributed by atoms with Crippen LogP contribution in [0.15, 0.2) is 63.4 Å². The molecule has 4 rings (SSSR count). The van der Waals surface area contributed by atoms with Crippen LogP contribution in [0.4, 0.5) is 0 Å². The first-order valence-electron chi connectivity index (χ1n) is 10.3. The zero-order chi connectivity index (χ0) is 20.9. The summed E-state index contributed by atoms with van der Waals surface area (Å²) in [6.45, 7) is 2.61. The van der Waals surface area contributed by atoms with Gasteiger partial charge in [-0.2, -0.15) is 0 Å². The van der Waals surface area contributed by atoms with E-state index in [-0.39, 0.29) is 5.91 Å². The lowest BCUT2D eigenvalue weighted by atomic mass is 10.1. The Labute approximate surface area is 175 Å². The van der Waals surface area contributed by atoms with Gasteiger partial charge in [0.25, 0.3) is 0 Å². The number of hydrogen-bond donors (Lipinski definition) is 0. The van der Waals surface area contributed by atoms with Crippen LogP contribution < -0.4 is 0 Å². The molecule has 0 aliphatic carbocycles. The van der Waals surface area contributed by atoms with Crippen molar-refractivity contribution in [3.8, 4) is 11.5 Å². The number of carbonyl (C=O) groups is 1. The van der Waals surface area contributed by atoms with E-state index in [2.05, 4.69) is 17.1 Å². The van der Waals surface area contributed by atoms with Crippen molar-refractivity contribution in [2.75, 3.05) is 7.05 Å². The fourth-order valence-corrected chi connectivity index (χ4v) is 3.57. The molecule has 6 heteroatoms. The first-order valence-corrected chi connectivity index (χ1v) is 10.3. The average molecular weight is 403 g/mol. The lowest BCUT2D eigenvalue weighted by Crippen LogP contribution is -2.26. The maximum atomic E-state index is 12.7. The quantitative estimate of drug-likeness (QED) is 0.413. The molecule has 0 aliphatic heterocycles. The molecule has 0 bridgehead atoms. The Hall–Kier alpha value is -3.41. The number of benzene rings is 2. The van der Waals surface area contributed by atoms with Gasteiger partial charge >= 0.3 is 0 Å². The summed E-state index contributed by atoms with van der Waals surface area (Å²) in [6.07, 6.45) is 2.46. The molecule has 0 saturated carbocycles. The van der Waals surface area contributed by atoms with Crippen molar-refractivity contribution in [1.82, 2.24) is 15.1 Å². The van der Waals surface area contributed by atoms with Crippen LogP contribution >= 0.6 is 0 Å². The highest BCUT2D eigenvalue weighted by Gasteiger charge is 2.17. The van der Waals surface area contributed by atoms with Gasteiger partial charge < -0.3 is 13.7 Å². The number of hydrogen-bond acceptors (Lipinski definition) is 5. The Balaban J connectivity index is 1.33. The van der Waals surface area contributed by atoms with Gasteiger partial charge in [0.1, 0.15) is 11.3 Å². The van der Waals surface area contributed by atoms with Crippen LogP contribution in [0.1, 0.15) is 37.0 Å². The highest BCUT2D eigenvalue weighted by atomic mass is 16.4. The Kier molecular flexibility index (Phi) is 5.93. The van der Waals surface area contributed by atoms with Crippen molar-refractivity contribution >= 4 is 16.9 Å². The van der Waals surface area contributed by atoms with Crippen LogP contribution in [0.25, 0.3) is 22.4 Å². The van der Waals surface area contributed by atoms with Crippen molar-refractivity contribution in [1.29, 1.82) is 0 Å². The predicted molar refractivity (Wildman–Crippen MR) is 115 cm³/mol. The summed E-state index contributed by atoms with van der Waals surface area (Å²) in [7, 11) is 1.84. The lowest BCUT2D eigenvalue weighted by Gasteiger charge is -2.17. The molecule has 1 amide bonds. The highest BCUT2D eigenvalue weighted by Crippen LogP contribution is 2.27. The molecule has 0 aliphatic rings. The largest absolute Gasteiger partial charge is 0.461 e. The van der Waals surface area contributed by atoms with Crippen LogP contribution in [0.2, 0.25) is 0 Å². The van der Waals surface area contributed by atoms with Crippen molar-refractivity contribution in [3.63, 3.8) is 0 Å². The molecule has 0 spiro atoms. The second-order valence-electron chi connectivity index (χ2n) is 7.32. The first-order chi connectivity index (χ1) is 14.7. The monoisotopic (exact) mass is 403 g/mol. The van der Waals surface area contributed by atoms with E-state index in [4.69, 9.17) is 8.83 Å². The number of nitrogens with zero attached hydrogens (tertiary/aromatic N) is 3. The topological polar surface area (TPSA) is 72.4 Å². The van der Waals surface area contributed by atoms with Crippen molar-refractivity contribution < 1.29 is 13.6 Å². The SMILES string of the molecule is CCc1oc2ccccc2c1CN(C)C(=O)CCCc1nnc(-c2ccccc2)o1. The minimum absolute atomic E-state index is 0.0881. The summed E-state index contributed by atoms with van der Waals surface area (Å²) in [6, 6.07) is 17.6. The Morgan fingerprint density at radius 2 is 1.77 bits per heavy atom. The Morgan fingerprint density at radius 1 is 1.00 bits per heavy atom. The molecular formula is C24H25N3O3. The third-order valence-electron chi connectivity index (χ3n) is 5.19. The fourth-order valence-electron chi connectivity index (χ4n) is 3.57. The maximum Gasteiger partial charge on any atom is 0.247 e. The number of carbonyl (C=O) groups excluding carboxylic acids is 1. The van der Waals surface area contributed by atoms with E-state index in [1.165, 1.54) is 0 Å². The average Bonchev–Trinajstić information content (AvgIpc) is 3.39. The number of amides is 1. The van der Waals surface area contributed by atoms with Crippen LogP contribution in [0, 0.1) is 0 Å². The molecule has 4 aromatic rings. The minimum atomic E-state index is 0.0881. The normalized spacial score (nSPS) is 11.1. The summed E-state index contributed by atoms with van der Waals surface area (Å²) in [5.74, 6) is 2.09. The molecular weight excluding hydrogens is 378 g/mol. The molecule has 6 nitrogen and oxygen atoms in total. The summed E-state index contributed by atoms with van der Waals surface area (Å²) < 4.78 is 11.7. The van der Waals surface area contributed by atoms with Crippen LogP contribution in [-0.2, 0) is 24.2 Å². The van der Waals surface area contributed by atoms with Crippen molar-refractivity contribution in [2.45, 2.75) is 39.2 Å². The number of aryl methyl sites for hydroxylation is 2. The molecule has 0 saturated heterocycles. The van der Waals surface area contributed by atoms with Gasteiger partial charge in [0, 0.05) is 49.4 Å². The summed E-state index contributed by atoms with van der Waals surface area (Å²) in [5.41, 5.74) is 2.86. The zero-order valence-electron chi connectivity index (χ0n) is 17.3. The van der Waals surface area contributed by atoms with Gasteiger partial charge in [-0.25, -0.2) is 0 Å². The molecule has 2 heterocycles. The second kappa shape index (κ2) is 8.95. The van der Waals surface area contributed by atoms with E-state index in [9.17, 15) is 4.79 Å². The second-order valence-corrected chi connectivity index (χ2v) is 7.32. The predicted octanol–water partition coefficient (Wildman–Crippen LogP) is 5.03. The first kappa shape index (κ1) is 19.9. The van der Waals surface area contributed by atoms with Gasteiger partial charge in [-0.05, 0) is 24.6 Å². The van der Waals surface area contributed by atoms with Crippen molar-refractivity contribution in [3.05, 3.63) is 71.8 Å². The van der Waals surface area contributed by atoms with E-state index in [0.717, 1.165) is 34.3 Å². The van der Waals surface area contributed by atoms with Gasteiger partial charge in [0.15, 0.2) is 0 Å². The summed E-state index contributed by atoms with van der Waals surface area (Å²) in [5, 5.41) is 9.27. The smallest absolute Gasteiger partial charge is 0.247 e. The third kappa shape index (κ3) is 4.27. The van der Waals surface area contributed by atoms with Gasteiger partial charge in [0.2, 0.25) is 17.7 Å². The van der Waals surface area contributed by atoms with Gasteiger partial charge in [-0.1, -0.05) is 43.3 Å². The number of rotatable bonds is 8. The summed E-state index contributed by atoms with van der Waals surface area (Å²) in [4.78, 5) is 14.4. The molecule has 0 unspecified atom stereocenters. The molecule has 2 aromatic carbocycles. The number of furan rings is 1. The molecule has 154 valence electrons. The van der Waals surface area contributed by atoms with Gasteiger partial charge in [0.05, 0.1) is 0 Å². The summed E-state index contributed by atoms with van der Waals surface area (Å²) >= 11 is 0. The standard InChI is InChI=1S/C24H25N3O3/c1-3-20-19(18-12-7-8-13-21(18)29-20)16-27(2)23(28)15-9-14-22-25-26-24(30-22)17-10-5-4-6-11-17/h4-8,10-13H,3,9,14-16H2,1-2H3. The van der Waals surface area contributed by atoms with Crippen LogP contribution in [0.3, 0.4) is 0 Å².